The van der Waals surface area contributed by atoms with E-state index in [9.17, 15) is 24.0 Å². The zero-order valence-electron chi connectivity index (χ0n) is 21.5. The molecule has 208 valence electrons. The van der Waals surface area contributed by atoms with Gasteiger partial charge < -0.3 is 18.9 Å². The van der Waals surface area contributed by atoms with Crippen LogP contribution in [0.3, 0.4) is 0 Å². The average molecular weight is 558 g/mol. The number of ether oxygens (including phenoxy) is 4. The van der Waals surface area contributed by atoms with Crippen molar-refractivity contribution in [2.75, 3.05) is 6.61 Å². The Labute approximate surface area is 232 Å². The summed E-state index contributed by atoms with van der Waals surface area (Å²) >= 11 is 0. The molecule has 1 aliphatic rings. The van der Waals surface area contributed by atoms with Crippen LogP contribution in [0.5, 0.6) is 0 Å². The zero-order valence-corrected chi connectivity index (χ0v) is 21.5. The van der Waals surface area contributed by atoms with Gasteiger partial charge >= 0.3 is 23.6 Å². The standard InChI is InChI=1S/C30H24N2O9/c33-23-16-17-32(30(37)31-23)26-25(41-29(36)21-14-8-3-9-15-21)24(40-28(35)20-12-6-2-7-13-20)22(39-26)18-38-27(34)19-10-4-1-5-11-19/h1-17,22,24-26H,18H2,(H,31,33,37)/t22-,24-,25-,26-/m1/s1/i18+1. The monoisotopic (exact) mass is 557 g/mol. The molecule has 0 unspecified atom stereocenters. The molecule has 11 nitrogen and oxygen atoms in total. The minimum absolute atomic E-state index is 0.201. The van der Waals surface area contributed by atoms with Gasteiger partial charge in [0.1, 0.15) is 12.7 Å². The lowest BCUT2D eigenvalue weighted by Crippen LogP contribution is -2.43. The van der Waals surface area contributed by atoms with E-state index < -0.39 is 60.3 Å². The molecule has 0 spiro atoms. The fourth-order valence-corrected chi connectivity index (χ4v) is 4.31. The van der Waals surface area contributed by atoms with Crippen molar-refractivity contribution in [2.45, 2.75) is 24.5 Å². The molecular weight excluding hydrogens is 533 g/mol. The van der Waals surface area contributed by atoms with Crippen LogP contribution in [0.25, 0.3) is 0 Å². The molecule has 4 atom stereocenters. The molecule has 3 aromatic carbocycles. The maximum Gasteiger partial charge on any atom is 0.338 e. The van der Waals surface area contributed by atoms with Crippen LogP contribution >= 0.6 is 0 Å². The Kier molecular flexibility index (Phi) is 8.16. The maximum absolute atomic E-state index is 13.1. The minimum atomic E-state index is -1.38. The summed E-state index contributed by atoms with van der Waals surface area (Å²) in [5.41, 5.74) is -0.804. The van der Waals surface area contributed by atoms with Crippen molar-refractivity contribution in [3.63, 3.8) is 0 Å². The van der Waals surface area contributed by atoms with E-state index in [0.717, 1.165) is 10.6 Å². The first-order valence-corrected chi connectivity index (χ1v) is 12.6. The zero-order chi connectivity index (χ0) is 28.8. The first-order valence-electron chi connectivity index (χ1n) is 12.6. The molecule has 1 aromatic heterocycles. The Morgan fingerprint density at radius 3 is 1.68 bits per heavy atom. The Balaban J connectivity index is 1.50. The van der Waals surface area contributed by atoms with Gasteiger partial charge in [-0.3, -0.25) is 14.3 Å². The van der Waals surface area contributed by atoms with Crippen LogP contribution in [-0.4, -0.2) is 52.4 Å². The molecule has 5 rings (SSSR count). The molecule has 1 fully saturated rings. The van der Waals surface area contributed by atoms with E-state index in [1.807, 2.05) is 0 Å². The molecule has 41 heavy (non-hydrogen) atoms. The van der Waals surface area contributed by atoms with Gasteiger partial charge in [-0.2, -0.15) is 0 Å². The van der Waals surface area contributed by atoms with Crippen LogP contribution < -0.4 is 11.2 Å². The van der Waals surface area contributed by atoms with Crippen LogP contribution in [0.15, 0.2) is 113 Å². The Bertz CT molecular complexity index is 1640. The van der Waals surface area contributed by atoms with Crippen molar-refractivity contribution in [1.29, 1.82) is 0 Å². The maximum atomic E-state index is 13.1. The van der Waals surface area contributed by atoms with Crippen molar-refractivity contribution in [3.8, 4) is 0 Å². The predicted molar refractivity (Wildman–Crippen MR) is 143 cm³/mol. The van der Waals surface area contributed by atoms with Gasteiger partial charge in [-0.15, -0.1) is 0 Å². The van der Waals surface area contributed by atoms with Gasteiger partial charge in [0.05, 0.1) is 16.7 Å². The molecule has 0 radical (unpaired) electrons. The van der Waals surface area contributed by atoms with E-state index in [1.54, 1.807) is 66.7 Å². The highest BCUT2D eigenvalue weighted by molar-refractivity contribution is 5.91. The van der Waals surface area contributed by atoms with E-state index in [-0.39, 0.29) is 16.7 Å². The molecule has 0 bridgehead atoms. The first kappa shape index (κ1) is 27.3. The fourth-order valence-electron chi connectivity index (χ4n) is 4.31. The lowest BCUT2D eigenvalue weighted by Gasteiger charge is -2.25. The largest absolute Gasteiger partial charge is 0.459 e. The molecule has 2 heterocycles. The summed E-state index contributed by atoms with van der Waals surface area (Å²) in [6, 6.07) is 25.5. The number of carbonyl (C=O) groups is 3. The van der Waals surface area contributed by atoms with Gasteiger partial charge in [0.15, 0.2) is 18.4 Å². The number of carbonyl (C=O) groups excluding carboxylic acids is 3. The van der Waals surface area contributed by atoms with Crippen LogP contribution in [-0.2, 0) is 18.9 Å². The highest BCUT2D eigenvalue weighted by atomic mass is 16.7. The fraction of sp³-hybridized carbons (Fsp3) is 0.167. The van der Waals surface area contributed by atoms with Gasteiger partial charge in [0.25, 0.3) is 5.56 Å². The predicted octanol–water partition coefficient (Wildman–Crippen LogP) is 2.74. The number of aromatic nitrogens is 2. The second-order valence-corrected chi connectivity index (χ2v) is 9.02. The lowest BCUT2D eigenvalue weighted by atomic mass is 10.1. The summed E-state index contributed by atoms with van der Waals surface area (Å²) in [6.45, 7) is -0.408. The third-order valence-electron chi connectivity index (χ3n) is 6.30. The van der Waals surface area contributed by atoms with Crippen molar-refractivity contribution < 1.29 is 33.3 Å². The number of hydrogen-bond donors (Lipinski definition) is 1. The van der Waals surface area contributed by atoms with Crippen LogP contribution in [0.1, 0.15) is 37.3 Å². The van der Waals surface area contributed by atoms with Crippen LogP contribution in [0.2, 0.25) is 0 Å². The highest BCUT2D eigenvalue weighted by Gasteiger charge is 2.51. The number of benzene rings is 3. The van der Waals surface area contributed by atoms with Gasteiger partial charge in [0, 0.05) is 12.3 Å². The lowest BCUT2D eigenvalue weighted by molar-refractivity contribution is -0.0640. The molecule has 1 N–H and O–H groups in total. The Morgan fingerprint density at radius 2 is 1.17 bits per heavy atom. The Morgan fingerprint density at radius 1 is 0.683 bits per heavy atom. The van der Waals surface area contributed by atoms with E-state index >= 15 is 0 Å². The summed E-state index contributed by atoms with van der Waals surface area (Å²) in [4.78, 5) is 65.5. The van der Waals surface area contributed by atoms with E-state index in [4.69, 9.17) is 18.9 Å². The molecule has 1 saturated heterocycles. The van der Waals surface area contributed by atoms with E-state index in [1.165, 1.54) is 30.5 Å². The van der Waals surface area contributed by atoms with Crippen molar-refractivity contribution in [1.82, 2.24) is 9.55 Å². The topological polar surface area (TPSA) is 143 Å². The number of esters is 3. The van der Waals surface area contributed by atoms with Crippen molar-refractivity contribution in [3.05, 3.63) is 141 Å². The number of H-pyrrole nitrogens is 1. The first-order chi connectivity index (χ1) is 19.9. The average Bonchev–Trinajstić information content (AvgIpc) is 3.33. The summed E-state index contributed by atoms with van der Waals surface area (Å²) in [5, 5.41) is 0. The number of nitrogens with zero attached hydrogens (tertiary/aromatic N) is 1. The minimum Gasteiger partial charge on any atom is -0.459 e. The van der Waals surface area contributed by atoms with Gasteiger partial charge in [-0.25, -0.2) is 19.2 Å². The molecule has 1 aliphatic heterocycles. The number of hydrogen-bond acceptors (Lipinski definition) is 9. The molecule has 0 amide bonds. The number of rotatable bonds is 8. The number of nitrogens with one attached hydrogen (secondary N) is 1. The van der Waals surface area contributed by atoms with E-state index in [0.29, 0.717) is 0 Å². The highest BCUT2D eigenvalue weighted by Crippen LogP contribution is 2.34. The summed E-state index contributed by atoms with van der Waals surface area (Å²) < 4.78 is 24.1. The summed E-state index contributed by atoms with van der Waals surface area (Å²) in [6.07, 6.45) is -4.03. The normalized spacial score (nSPS) is 19.7. The smallest absolute Gasteiger partial charge is 0.338 e. The van der Waals surface area contributed by atoms with Gasteiger partial charge in [-0.05, 0) is 36.4 Å². The third kappa shape index (κ3) is 6.31. The SMILES string of the molecule is O=C(O[13CH2][C@H]1O[C@@H](n2ccc(=O)[nH]c2=O)[C@H](OC(=O)c2ccccc2)[C@@H]1OC(=O)c1ccccc1)c1ccccc1. The molecule has 0 saturated carbocycles. The van der Waals surface area contributed by atoms with Gasteiger partial charge in [0.2, 0.25) is 0 Å². The quantitative estimate of drug-likeness (QED) is 0.197. The van der Waals surface area contributed by atoms with Gasteiger partial charge in [-0.1, -0.05) is 54.6 Å². The van der Waals surface area contributed by atoms with Crippen LogP contribution in [0, 0.1) is 0 Å². The molecule has 4 aromatic rings. The van der Waals surface area contributed by atoms with E-state index in [2.05, 4.69) is 4.98 Å². The second kappa shape index (κ2) is 12.3. The second-order valence-electron chi connectivity index (χ2n) is 9.02. The molecule has 11 heteroatoms. The third-order valence-corrected chi connectivity index (χ3v) is 6.30. The van der Waals surface area contributed by atoms with Crippen molar-refractivity contribution in [2.24, 2.45) is 0 Å². The summed E-state index contributed by atoms with van der Waals surface area (Å²) in [5.74, 6) is -2.19. The molecular formula is C30H24N2O9. The van der Waals surface area contributed by atoms with Crippen molar-refractivity contribution >= 4 is 17.9 Å². The number of aromatic amines is 1. The summed E-state index contributed by atoms with van der Waals surface area (Å²) in [7, 11) is 0. The van der Waals surface area contributed by atoms with Crippen LogP contribution in [0.4, 0.5) is 0 Å². The molecule has 0 aliphatic carbocycles. The Hall–Kier alpha value is -5.29.